The summed E-state index contributed by atoms with van der Waals surface area (Å²) in [5.74, 6) is 1.96. The van der Waals surface area contributed by atoms with E-state index in [1.807, 2.05) is 44.2 Å². The Bertz CT molecular complexity index is 730. The number of hydrogen-bond acceptors (Lipinski definition) is 4. The van der Waals surface area contributed by atoms with E-state index in [1.165, 1.54) is 11.1 Å². The van der Waals surface area contributed by atoms with Gasteiger partial charge in [-0.2, -0.15) is 0 Å². The van der Waals surface area contributed by atoms with Crippen molar-refractivity contribution in [2.45, 2.75) is 33.3 Å². The molecule has 140 valence electrons. The molecule has 0 saturated carbocycles. The van der Waals surface area contributed by atoms with E-state index in [0.717, 1.165) is 5.75 Å². The topological polar surface area (TPSA) is 56.8 Å². The van der Waals surface area contributed by atoms with Crippen LogP contribution >= 0.6 is 0 Å². The van der Waals surface area contributed by atoms with Gasteiger partial charge in [0.15, 0.2) is 6.10 Å². The summed E-state index contributed by atoms with van der Waals surface area (Å²) in [5.41, 5.74) is 2.41. The smallest absolute Gasteiger partial charge is 0.261 e. The van der Waals surface area contributed by atoms with Crippen LogP contribution in [-0.4, -0.2) is 32.3 Å². The largest absolute Gasteiger partial charge is 0.497 e. The molecule has 0 aliphatic carbocycles. The van der Waals surface area contributed by atoms with E-state index in [1.54, 1.807) is 19.2 Å². The Morgan fingerprint density at radius 3 is 2.50 bits per heavy atom. The standard InChI is InChI=1S/C21H27NO4/c1-5-20(26-19-8-6-7-17(14-19)24-4)21(23)22-11-12-25-18-10-9-15(2)16(3)13-18/h6-10,13-14,20H,5,11-12H2,1-4H3,(H,22,23)/t20-/m0/s1. The van der Waals surface area contributed by atoms with E-state index >= 15 is 0 Å². The maximum atomic E-state index is 12.3. The maximum absolute atomic E-state index is 12.3. The number of benzene rings is 2. The minimum absolute atomic E-state index is 0.154. The first kappa shape index (κ1) is 19.6. The van der Waals surface area contributed by atoms with Crippen LogP contribution in [0.4, 0.5) is 0 Å². The van der Waals surface area contributed by atoms with Crippen molar-refractivity contribution in [3.8, 4) is 17.2 Å². The Morgan fingerprint density at radius 1 is 1.04 bits per heavy atom. The predicted octanol–water partition coefficient (Wildman–Crippen LogP) is 3.66. The van der Waals surface area contributed by atoms with Gasteiger partial charge < -0.3 is 19.5 Å². The molecule has 5 nitrogen and oxygen atoms in total. The Kier molecular flexibility index (Phi) is 7.33. The summed E-state index contributed by atoms with van der Waals surface area (Å²) in [7, 11) is 1.60. The summed E-state index contributed by atoms with van der Waals surface area (Å²) in [6.45, 7) is 6.85. The van der Waals surface area contributed by atoms with E-state index in [0.29, 0.717) is 31.1 Å². The lowest BCUT2D eigenvalue weighted by molar-refractivity contribution is -0.128. The molecule has 0 unspecified atom stereocenters. The van der Waals surface area contributed by atoms with Crippen LogP contribution in [0.1, 0.15) is 24.5 Å². The number of ether oxygens (including phenoxy) is 3. The van der Waals surface area contributed by atoms with Gasteiger partial charge >= 0.3 is 0 Å². The summed E-state index contributed by atoms with van der Waals surface area (Å²) in [4.78, 5) is 12.3. The number of rotatable bonds is 9. The summed E-state index contributed by atoms with van der Waals surface area (Å²) >= 11 is 0. The highest BCUT2D eigenvalue weighted by Crippen LogP contribution is 2.20. The maximum Gasteiger partial charge on any atom is 0.261 e. The van der Waals surface area contributed by atoms with E-state index in [9.17, 15) is 4.79 Å². The third kappa shape index (κ3) is 5.69. The molecule has 0 aliphatic rings. The molecule has 0 heterocycles. The van der Waals surface area contributed by atoms with Crippen LogP contribution in [0.15, 0.2) is 42.5 Å². The van der Waals surface area contributed by atoms with Gasteiger partial charge in [-0.15, -0.1) is 0 Å². The predicted molar refractivity (Wildman–Crippen MR) is 102 cm³/mol. The van der Waals surface area contributed by atoms with E-state index in [-0.39, 0.29) is 5.91 Å². The monoisotopic (exact) mass is 357 g/mol. The molecule has 26 heavy (non-hydrogen) atoms. The first-order valence-electron chi connectivity index (χ1n) is 8.82. The molecule has 2 rings (SSSR count). The second kappa shape index (κ2) is 9.70. The van der Waals surface area contributed by atoms with Gasteiger partial charge in [0.1, 0.15) is 23.9 Å². The van der Waals surface area contributed by atoms with Crippen molar-refractivity contribution in [1.82, 2.24) is 5.32 Å². The molecule has 0 spiro atoms. The summed E-state index contributed by atoms with van der Waals surface area (Å²) in [5, 5.41) is 2.86. The van der Waals surface area contributed by atoms with E-state index < -0.39 is 6.10 Å². The highest BCUT2D eigenvalue weighted by Gasteiger charge is 2.18. The Hall–Kier alpha value is -2.69. The molecule has 2 aromatic rings. The molecule has 5 heteroatoms. The van der Waals surface area contributed by atoms with Gasteiger partial charge in [-0.25, -0.2) is 0 Å². The average Bonchev–Trinajstić information content (AvgIpc) is 2.66. The van der Waals surface area contributed by atoms with Crippen LogP contribution in [0.3, 0.4) is 0 Å². The van der Waals surface area contributed by atoms with Crippen molar-refractivity contribution in [2.24, 2.45) is 0 Å². The quantitative estimate of drug-likeness (QED) is 0.696. The lowest BCUT2D eigenvalue weighted by Gasteiger charge is -2.18. The normalized spacial score (nSPS) is 11.5. The van der Waals surface area contributed by atoms with Gasteiger partial charge in [-0.3, -0.25) is 4.79 Å². The molecule has 0 saturated heterocycles. The van der Waals surface area contributed by atoms with Crippen molar-refractivity contribution in [3.63, 3.8) is 0 Å². The van der Waals surface area contributed by atoms with Crippen molar-refractivity contribution < 1.29 is 19.0 Å². The Morgan fingerprint density at radius 2 is 1.81 bits per heavy atom. The molecule has 1 amide bonds. The van der Waals surface area contributed by atoms with Gasteiger partial charge in [0.05, 0.1) is 13.7 Å². The number of amides is 1. The molecule has 0 radical (unpaired) electrons. The van der Waals surface area contributed by atoms with Crippen LogP contribution in [-0.2, 0) is 4.79 Å². The van der Waals surface area contributed by atoms with Crippen LogP contribution in [0.2, 0.25) is 0 Å². The fourth-order valence-electron chi connectivity index (χ4n) is 2.42. The molecule has 1 atom stereocenters. The molecule has 2 aromatic carbocycles. The Balaban J connectivity index is 1.80. The molecular weight excluding hydrogens is 330 g/mol. The summed E-state index contributed by atoms with van der Waals surface area (Å²) in [6.07, 6.45) is 0.0184. The minimum Gasteiger partial charge on any atom is -0.497 e. The molecule has 0 fully saturated rings. The fourth-order valence-corrected chi connectivity index (χ4v) is 2.42. The molecule has 0 aromatic heterocycles. The number of hydrogen-bond donors (Lipinski definition) is 1. The van der Waals surface area contributed by atoms with Crippen molar-refractivity contribution >= 4 is 5.91 Å². The van der Waals surface area contributed by atoms with Gasteiger partial charge in [0, 0.05) is 6.07 Å². The van der Waals surface area contributed by atoms with E-state index in [4.69, 9.17) is 14.2 Å². The minimum atomic E-state index is -0.552. The lowest BCUT2D eigenvalue weighted by Crippen LogP contribution is -2.39. The number of aryl methyl sites for hydroxylation is 2. The van der Waals surface area contributed by atoms with Gasteiger partial charge in [0.2, 0.25) is 0 Å². The lowest BCUT2D eigenvalue weighted by atomic mass is 10.1. The molecular formula is C21H27NO4. The fraction of sp³-hybridized carbons (Fsp3) is 0.381. The average molecular weight is 357 g/mol. The highest BCUT2D eigenvalue weighted by atomic mass is 16.5. The third-order valence-corrected chi connectivity index (χ3v) is 4.13. The molecule has 0 bridgehead atoms. The van der Waals surface area contributed by atoms with Gasteiger partial charge in [0.25, 0.3) is 5.91 Å². The van der Waals surface area contributed by atoms with E-state index in [2.05, 4.69) is 12.2 Å². The van der Waals surface area contributed by atoms with Crippen molar-refractivity contribution in [3.05, 3.63) is 53.6 Å². The zero-order chi connectivity index (χ0) is 18.9. The van der Waals surface area contributed by atoms with Crippen molar-refractivity contribution in [1.29, 1.82) is 0 Å². The van der Waals surface area contributed by atoms with Crippen molar-refractivity contribution in [2.75, 3.05) is 20.3 Å². The summed E-state index contributed by atoms with van der Waals surface area (Å²) in [6, 6.07) is 13.2. The number of methoxy groups -OCH3 is 1. The second-order valence-electron chi connectivity index (χ2n) is 6.08. The summed E-state index contributed by atoms with van der Waals surface area (Å²) < 4.78 is 16.6. The highest BCUT2D eigenvalue weighted by molar-refractivity contribution is 5.81. The van der Waals surface area contributed by atoms with Crippen LogP contribution in [0.25, 0.3) is 0 Å². The first-order valence-corrected chi connectivity index (χ1v) is 8.82. The third-order valence-electron chi connectivity index (χ3n) is 4.13. The number of carbonyl (C=O) groups is 1. The van der Waals surface area contributed by atoms with Gasteiger partial charge in [-0.05, 0) is 55.7 Å². The number of carbonyl (C=O) groups excluding carboxylic acids is 1. The van der Waals surface area contributed by atoms with Gasteiger partial charge in [-0.1, -0.05) is 19.1 Å². The first-order chi connectivity index (χ1) is 12.5. The van der Waals surface area contributed by atoms with Crippen LogP contribution in [0, 0.1) is 13.8 Å². The van der Waals surface area contributed by atoms with Crippen LogP contribution in [0.5, 0.6) is 17.2 Å². The Labute approximate surface area is 155 Å². The molecule has 0 aliphatic heterocycles. The van der Waals surface area contributed by atoms with Crippen LogP contribution < -0.4 is 19.5 Å². The molecule has 1 N–H and O–H groups in total. The number of nitrogens with one attached hydrogen (secondary N) is 1. The second-order valence-corrected chi connectivity index (χ2v) is 6.08. The zero-order valence-electron chi connectivity index (χ0n) is 15.9. The zero-order valence-corrected chi connectivity index (χ0v) is 15.9. The SMILES string of the molecule is CC[C@H](Oc1cccc(OC)c1)C(=O)NCCOc1ccc(C)c(C)c1.